The number of rotatable bonds is 9. The molecule has 7 nitrogen and oxygen atoms in total. The number of ether oxygens (including phenoxy) is 1. The number of likely N-dealkylation sites (tertiary alicyclic amines) is 1. The lowest BCUT2D eigenvalue weighted by Gasteiger charge is -2.45. The third kappa shape index (κ3) is 6.07. The Morgan fingerprint density at radius 3 is 2.75 bits per heavy atom. The highest BCUT2D eigenvalue weighted by Gasteiger charge is 2.43. The van der Waals surface area contributed by atoms with Crippen LogP contribution in [0.15, 0.2) is 24.3 Å². The summed E-state index contributed by atoms with van der Waals surface area (Å²) in [6.45, 7) is 2.87. The van der Waals surface area contributed by atoms with Crippen molar-refractivity contribution in [3.8, 4) is 0 Å². The maximum Gasteiger partial charge on any atom is 0.407 e. The Kier molecular flexibility index (Phi) is 8.12. The maximum atomic E-state index is 11.5. The zero-order valence-electron chi connectivity index (χ0n) is 16.3. The van der Waals surface area contributed by atoms with E-state index in [4.69, 9.17) is 20.5 Å². The van der Waals surface area contributed by atoms with Gasteiger partial charge in [0.25, 0.3) is 10.1 Å². The van der Waals surface area contributed by atoms with Gasteiger partial charge in [0.15, 0.2) is 0 Å². The molecule has 2 atom stereocenters. The van der Waals surface area contributed by atoms with Gasteiger partial charge >= 0.3 is 6.09 Å². The normalized spacial score (nSPS) is 20.0. The summed E-state index contributed by atoms with van der Waals surface area (Å²) in [5.41, 5.74) is 0.104. The number of piperidine rings is 1. The molecule has 1 fully saturated rings. The lowest BCUT2D eigenvalue weighted by atomic mass is 9.74. The summed E-state index contributed by atoms with van der Waals surface area (Å²) < 4.78 is 33.6. The Balaban J connectivity index is 2.34. The van der Waals surface area contributed by atoms with Crippen LogP contribution in [0.4, 0.5) is 4.79 Å². The number of carbonyl (C=O) groups is 1. The fourth-order valence-electron chi connectivity index (χ4n) is 3.92. The van der Waals surface area contributed by atoms with E-state index in [0.717, 1.165) is 31.1 Å². The summed E-state index contributed by atoms with van der Waals surface area (Å²) in [4.78, 5) is 12.9. The minimum Gasteiger partial charge on any atom is -0.465 e. The summed E-state index contributed by atoms with van der Waals surface area (Å²) in [5, 5.41) is 10.0. The van der Waals surface area contributed by atoms with Crippen molar-refractivity contribution in [3.05, 3.63) is 34.9 Å². The van der Waals surface area contributed by atoms with E-state index in [1.165, 1.54) is 4.90 Å². The quantitative estimate of drug-likeness (QED) is 0.471. The Hall–Kier alpha value is -1.35. The van der Waals surface area contributed by atoms with E-state index in [1.807, 2.05) is 25.1 Å². The number of halogens is 1. The van der Waals surface area contributed by atoms with Gasteiger partial charge in [-0.1, -0.05) is 37.1 Å². The maximum absolute atomic E-state index is 11.5. The van der Waals surface area contributed by atoms with Crippen LogP contribution in [0.5, 0.6) is 0 Å². The Morgan fingerprint density at radius 2 is 2.14 bits per heavy atom. The molecule has 1 N–H and O–H groups in total. The molecule has 0 radical (unpaired) electrons. The number of carboxylic acid groups (broad SMARTS) is 1. The molecular formula is C19H28ClNO6S. The fraction of sp³-hybridized carbons (Fsp3) is 0.632. The molecule has 1 aliphatic rings. The van der Waals surface area contributed by atoms with Crippen molar-refractivity contribution in [2.75, 3.05) is 32.6 Å². The van der Waals surface area contributed by atoms with Gasteiger partial charge in [-0.2, -0.15) is 8.42 Å². The molecule has 0 saturated carbocycles. The van der Waals surface area contributed by atoms with Crippen molar-refractivity contribution in [2.45, 2.75) is 38.2 Å². The molecule has 1 heterocycles. The van der Waals surface area contributed by atoms with E-state index in [1.54, 1.807) is 6.07 Å². The van der Waals surface area contributed by atoms with E-state index in [2.05, 4.69) is 0 Å². The van der Waals surface area contributed by atoms with Gasteiger partial charge in [-0.15, -0.1) is 0 Å². The van der Waals surface area contributed by atoms with Crippen LogP contribution in [0, 0.1) is 5.92 Å². The largest absolute Gasteiger partial charge is 0.465 e. The molecular weight excluding hydrogens is 406 g/mol. The molecule has 1 aromatic rings. The molecule has 9 heteroatoms. The second-order valence-corrected chi connectivity index (χ2v) is 9.17. The number of hydrogen-bond donors (Lipinski definition) is 1. The van der Waals surface area contributed by atoms with Crippen LogP contribution in [-0.4, -0.2) is 57.1 Å². The van der Waals surface area contributed by atoms with E-state index in [-0.39, 0.29) is 19.1 Å². The molecule has 0 aromatic heterocycles. The molecule has 0 aliphatic carbocycles. The van der Waals surface area contributed by atoms with Gasteiger partial charge in [0, 0.05) is 24.0 Å². The minimum absolute atomic E-state index is 0.0726. The van der Waals surface area contributed by atoms with Crippen LogP contribution in [0.1, 0.15) is 38.2 Å². The third-order valence-electron chi connectivity index (χ3n) is 5.03. The van der Waals surface area contributed by atoms with E-state index in [0.29, 0.717) is 24.5 Å². The summed E-state index contributed by atoms with van der Waals surface area (Å²) >= 11 is 6.23. The van der Waals surface area contributed by atoms with E-state index in [9.17, 15) is 18.3 Å². The number of amides is 1. The van der Waals surface area contributed by atoms with E-state index >= 15 is 0 Å². The second-order valence-electron chi connectivity index (χ2n) is 7.09. The van der Waals surface area contributed by atoms with Crippen molar-refractivity contribution in [1.29, 1.82) is 0 Å². The predicted molar refractivity (Wildman–Crippen MR) is 107 cm³/mol. The number of nitrogens with zero attached hydrogens (tertiary/aromatic N) is 1. The van der Waals surface area contributed by atoms with Gasteiger partial charge in [-0.3, -0.25) is 4.18 Å². The molecule has 1 aromatic carbocycles. The minimum atomic E-state index is -3.56. The lowest BCUT2D eigenvalue weighted by molar-refractivity contribution is -0.120. The third-order valence-corrected chi connectivity index (χ3v) is 5.86. The molecule has 158 valence electrons. The van der Waals surface area contributed by atoms with Crippen LogP contribution < -0.4 is 0 Å². The van der Waals surface area contributed by atoms with Gasteiger partial charge in [0.1, 0.15) is 0 Å². The summed E-state index contributed by atoms with van der Waals surface area (Å²) in [7, 11) is -3.56. The van der Waals surface area contributed by atoms with Gasteiger partial charge in [0.05, 0.1) is 25.1 Å². The van der Waals surface area contributed by atoms with Crippen molar-refractivity contribution < 1.29 is 27.2 Å². The van der Waals surface area contributed by atoms with Crippen LogP contribution in [-0.2, 0) is 24.6 Å². The molecule has 28 heavy (non-hydrogen) atoms. The second kappa shape index (κ2) is 9.91. The lowest BCUT2D eigenvalue weighted by Crippen LogP contribution is -2.49. The average molecular weight is 434 g/mol. The first-order valence-corrected chi connectivity index (χ1v) is 11.6. The highest BCUT2D eigenvalue weighted by Crippen LogP contribution is 2.43. The standard InChI is InChI=1S/C19H28ClNO6S/c1-3-9-19(15-6-4-8-17(20)13-15,26-11-12-27-28(2,24)25)16-7-5-10-21(14-16)18(22)23/h4,6,8,13,16H,3,5,7,9-12,14H2,1-2H3,(H,22,23)/t16?,19-/m0/s1. The zero-order valence-corrected chi connectivity index (χ0v) is 17.8. The van der Waals surface area contributed by atoms with E-state index < -0.39 is 21.8 Å². The first kappa shape index (κ1) is 22.9. The molecule has 0 spiro atoms. The van der Waals surface area contributed by atoms with Crippen molar-refractivity contribution in [2.24, 2.45) is 5.92 Å². The van der Waals surface area contributed by atoms with Crippen molar-refractivity contribution in [3.63, 3.8) is 0 Å². The van der Waals surface area contributed by atoms with Crippen LogP contribution in [0.3, 0.4) is 0 Å². The molecule has 1 saturated heterocycles. The number of hydrogen-bond acceptors (Lipinski definition) is 5. The summed E-state index contributed by atoms with van der Waals surface area (Å²) in [5.74, 6) is -0.0750. The average Bonchev–Trinajstić information content (AvgIpc) is 2.63. The molecule has 1 unspecified atom stereocenters. The Morgan fingerprint density at radius 1 is 1.39 bits per heavy atom. The molecule has 1 aliphatic heterocycles. The van der Waals surface area contributed by atoms with Crippen molar-refractivity contribution in [1.82, 2.24) is 4.90 Å². The van der Waals surface area contributed by atoms with Gasteiger partial charge in [-0.05, 0) is 37.0 Å². The van der Waals surface area contributed by atoms with Crippen LogP contribution in [0.25, 0.3) is 0 Å². The summed E-state index contributed by atoms with van der Waals surface area (Å²) in [6, 6.07) is 7.39. The highest BCUT2D eigenvalue weighted by molar-refractivity contribution is 7.85. The van der Waals surface area contributed by atoms with Crippen molar-refractivity contribution >= 4 is 27.8 Å². The van der Waals surface area contributed by atoms with Gasteiger partial charge < -0.3 is 14.7 Å². The molecule has 2 rings (SSSR count). The molecule has 1 amide bonds. The number of benzene rings is 1. The smallest absolute Gasteiger partial charge is 0.407 e. The summed E-state index contributed by atoms with van der Waals surface area (Å²) in [6.07, 6.45) is 3.07. The predicted octanol–water partition coefficient (Wildman–Crippen LogP) is 3.72. The first-order valence-electron chi connectivity index (χ1n) is 9.40. The first-order chi connectivity index (χ1) is 13.2. The fourth-order valence-corrected chi connectivity index (χ4v) is 4.48. The highest BCUT2D eigenvalue weighted by atomic mass is 35.5. The van der Waals surface area contributed by atoms with Gasteiger partial charge in [-0.25, -0.2) is 4.79 Å². The Bertz CT molecular complexity index is 771. The van der Waals surface area contributed by atoms with Crippen LogP contribution in [0.2, 0.25) is 5.02 Å². The van der Waals surface area contributed by atoms with Crippen LogP contribution >= 0.6 is 11.6 Å². The monoisotopic (exact) mass is 433 g/mol. The molecule has 0 bridgehead atoms. The van der Waals surface area contributed by atoms with Gasteiger partial charge in [0.2, 0.25) is 0 Å². The topological polar surface area (TPSA) is 93.1 Å². The Labute approximate surface area is 171 Å². The SMILES string of the molecule is CCC[C@](OCCOS(C)(=O)=O)(c1cccc(Cl)c1)C1CCCN(C(=O)O)C1. The zero-order chi connectivity index (χ0) is 20.8.